The smallest absolute Gasteiger partial charge is 0.0620 e. The Morgan fingerprint density at radius 1 is 1.11 bits per heavy atom. The fourth-order valence-corrected chi connectivity index (χ4v) is 2.51. The number of hydrogen-bond donors (Lipinski definition) is 1. The van der Waals surface area contributed by atoms with E-state index in [0.717, 1.165) is 22.9 Å². The van der Waals surface area contributed by atoms with E-state index in [1.54, 1.807) is 0 Å². The Morgan fingerprint density at radius 2 is 1.84 bits per heavy atom. The van der Waals surface area contributed by atoms with E-state index in [-0.39, 0.29) is 0 Å². The number of hydrogen-bond acceptors (Lipinski definition) is 2. The van der Waals surface area contributed by atoms with Crippen LogP contribution in [0.1, 0.15) is 18.4 Å². The van der Waals surface area contributed by atoms with Crippen LogP contribution in [0.25, 0.3) is 0 Å². The zero-order chi connectivity index (χ0) is 13.2. The second-order valence-corrected chi connectivity index (χ2v) is 5.48. The third kappa shape index (κ3) is 2.85. The number of nitrogens with two attached hydrogens (primary N) is 1. The van der Waals surface area contributed by atoms with Gasteiger partial charge >= 0.3 is 0 Å². The molecule has 1 aliphatic rings. The van der Waals surface area contributed by atoms with Crippen LogP contribution in [0.3, 0.4) is 0 Å². The predicted molar refractivity (Wildman–Crippen MR) is 81.5 cm³/mol. The van der Waals surface area contributed by atoms with Crippen LogP contribution in [-0.2, 0) is 6.54 Å². The summed E-state index contributed by atoms with van der Waals surface area (Å²) >= 11 is 6.11. The van der Waals surface area contributed by atoms with Crippen molar-refractivity contribution in [3.05, 3.63) is 59.1 Å². The van der Waals surface area contributed by atoms with Gasteiger partial charge in [-0.1, -0.05) is 41.9 Å². The molecule has 2 aromatic rings. The van der Waals surface area contributed by atoms with E-state index in [4.69, 9.17) is 17.3 Å². The molecule has 2 N–H and O–H groups in total. The molecule has 0 unspecified atom stereocenters. The normalized spacial score (nSPS) is 14.4. The molecule has 0 saturated heterocycles. The Morgan fingerprint density at radius 3 is 2.53 bits per heavy atom. The van der Waals surface area contributed by atoms with E-state index in [1.165, 1.54) is 18.4 Å². The standard InChI is InChI=1S/C16H17ClN2/c17-13-6-9-15(18)16(10-13)19(14-7-8-14)11-12-4-2-1-3-5-12/h1-6,9-10,14H,7-8,11,18H2. The number of halogens is 1. The van der Waals surface area contributed by atoms with Crippen LogP contribution in [0.15, 0.2) is 48.5 Å². The minimum absolute atomic E-state index is 0.598. The Hall–Kier alpha value is -1.67. The lowest BCUT2D eigenvalue weighted by atomic mass is 10.1. The highest BCUT2D eigenvalue weighted by Gasteiger charge is 2.30. The van der Waals surface area contributed by atoms with Gasteiger partial charge in [0.25, 0.3) is 0 Å². The number of nitrogen functional groups attached to an aromatic ring is 1. The van der Waals surface area contributed by atoms with E-state index in [1.807, 2.05) is 24.3 Å². The maximum atomic E-state index is 6.11. The molecule has 2 nitrogen and oxygen atoms in total. The quantitative estimate of drug-likeness (QED) is 0.850. The molecule has 0 aromatic heterocycles. The first-order valence-electron chi connectivity index (χ1n) is 6.59. The maximum absolute atomic E-state index is 6.11. The highest BCUT2D eigenvalue weighted by atomic mass is 35.5. The van der Waals surface area contributed by atoms with Crippen molar-refractivity contribution in [2.24, 2.45) is 0 Å². The molecule has 0 heterocycles. The topological polar surface area (TPSA) is 29.3 Å². The monoisotopic (exact) mass is 272 g/mol. The van der Waals surface area contributed by atoms with Crippen LogP contribution in [-0.4, -0.2) is 6.04 Å². The van der Waals surface area contributed by atoms with Gasteiger partial charge in [-0.15, -0.1) is 0 Å². The molecule has 1 fully saturated rings. The van der Waals surface area contributed by atoms with E-state index in [0.29, 0.717) is 6.04 Å². The van der Waals surface area contributed by atoms with Crippen LogP contribution in [0.4, 0.5) is 11.4 Å². The molecular formula is C16H17ClN2. The molecule has 0 atom stereocenters. The lowest BCUT2D eigenvalue weighted by molar-refractivity contribution is 0.796. The third-order valence-electron chi connectivity index (χ3n) is 3.49. The predicted octanol–water partition coefficient (Wildman–Crippen LogP) is 4.09. The lowest BCUT2D eigenvalue weighted by Gasteiger charge is -2.26. The average Bonchev–Trinajstić information content (AvgIpc) is 3.25. The van der Waals surface area contributed by atoms with Crippen LogP contribution in [0, 0.1) is 0 Å². The SMILES string of the molecule is Nc1ccc(Cl)cc1N(Cc1ccccc1)C1CC1. The van der Waals surface area contributed by atoms with Gasteiger partial charge in [0, 0.05) is 17.6 Å². The molecule has 0 spiro atoms. The average molecular weight is 273 g/mol. The summed E-state index contributed by atoms with van der Waals surface area (Å²) in [6.07, 6.45) is 2.47. The molecule has 3 rings (SSSR count). The second kappa shape index (κ2) is 5.14. The van der Waals surface area contributed by atoms with E-state index >= 15 is 0 Å². The van der Waals surface area contributed by atoms with Crippen LogP contribution in [0.2, 0.25) is 5.02 Å². The van der Waals surface area contributed by atoms with Crippen molar-refractivity contribution in [3.8, 4) is 0 Å². The first-order valence-corrected chi connectivity index (χ1v) is 6.97. The summed E-state index contributed by atoms with van der Waals surface area (Å²) in [6.45, 7) is 0.885. The molecule has 0 amide bonds. The van der Waals surface area contributed by atoms with Crippen molar-refractivity contribution in [2.45, 2.75) is 25.4 Å². The van der Waals surface area contributed by atoms with E-state index in [9.17, 15) is 0 Å². The molecule has 0 radical (unpaired) electrons. The largest absolute Gasteiger partial charge is 0.397 e. The van der Waals surface area contributed by atoms with Gasteiger partial charge in [0.05, 0.1) is 11.4 Å². The Labute approximate surface area is 118 Å². The summed E-state index contributed by atoms with van der Waals surface area (Å²) in [5.74, 6) is 0. The number of rotatable bonds is 4. The van der Waals surface area contributed by atoms with E-state index in [2.05, 4.69) is 29.2 Å². The van der Waals surface area contributed by atoms with Gasteiger partial charge in [-0.3, -0.25) is 0 Å². The molecule has 1 aliphatic carbocycles. The first kappa shape index (κ1) is 12.4. The van der Waals surface area contributed by atoms with Crippen LogP contribution >= 0.6 is 11.6 Å². The Bertz CT molecular complexity index is 564. The Kier molecular flexibility index (Phi) is 3.34. The number of anilines is 2. The summed E-state index contributed by atoms with van der Waals surface area (Å²) < 4.78 is 0. The molecule has 98 valence electrons. The minimum Gasteiger partial charge on any atom is -0.397 e. The molecule has 19 heavy (non-hydrogen) atoms. The number of benzene rings is 2. The van der Waals surface area contributed by atoms with Gasteiger partial charge < -0.3 is 10.6 Å². The van der Waals surface area contributed by atoms with E-state index < -0.39 is 0 Å². The van der Waals surface area contributed by atoms with Gasteiger partial charge in [-0.2, -0.15) is 0 Å². The zero-order valence-corrected chi connectivity index (χ0v) is 11.5. The lowest BCUT2D eigenvalue weighted by Crippen LogP contribution is -2.25. The second-order valence-electron chi connectivity index (χ2n) is 5.05. The van der Waals surface area contributed by atoms with Crippen molar-refractivity contribution in [1.82, 2.24) is 0 Å². The molecule has 2 aromatic carbocycles. The van der Waals surface area contributed by atoms with Gasteiger partial charge in [0.1, 0.15) is 0 Å². The summed E-state index contributed by atoms with van der Waals surface area (Å²) in [4.78, 5) is 2.37. The summed E-state index contributed by atoms with van der Waals surface area (Å²) in [7, 11) is 0. The maximum Gasteiger partial charge on any atom is 0.0620 e. The van der Waals surface area contributed by atoms with Crippen molar-refractivity contribution < 1.29 is 0 Å². The van der Waals surface area contributed by atoms with Crippen molar-refractivity contribution >= 4 is 23.0 Å². The molecule has 0 bridgehead atoms. The van der Waals surface area contributed by atoms with Crippen LogP contribution in [0.5, 0.6) is 0 Å². The summed E-state index contributed by atoms with van der Waals surface area (Å²) in [5.41, 5.74) is 9.26. The van der Waals surface area contributed by atoms with Crippen molar-refractivity contribution in [2.75, 3.05) is 10.6 Å². The van der Waals surface area contributed by atoms with Crippen LogP contribution < -0.4 is 10.6 Å². The highest BCUT2D eigenvalue weighted by Crippen LogP contribution is 2.37. The van der Waals surface area contributed by atoms with Gasteiger partial charge in [0.15, 0.2) is 0 Å². The first-order chi connectivity index (χ1) is 9.24. The number of nitrogens with zero attached hydrogens (tertiary/aromatic N) is 1. The third-order valence-corrected chi connectivity index (χ3v) is 3.72. The highest BCUT2D eigenvalue weighted by molar-refractivity contribution is 6.31. The van der Waals surface area contributed by atoms with Gasteiger partial charge in [-0.05, 0) is 36.6 Å². The van der Waals surface area contributed by atoms with Crippen molar-refractivity contribution in [3.63, 3.8) is 0 Å². The van der Waals surface area contributed by atoms with Gasteiger partial charge in [0.2, 0.25) is 0 Å². The molecule has 0 aliphatic heterocycles. The van der Waals surface area contributed by atoms with Crippen molar-refractivity contribution in [1.29, 1.82) is 0 Å². The molecule has 1 saturated carbocycles. The fourth-order valence-electron chi connectivity index (χ4n) is 2.34. The van der Waals surface area contributed by atoms with Gasteiger partial charge in [-0.25, -0.2) is 0 Å². The zero-order valence-electron chi connectivity index (χ0n) is 10.7. The minimum atomic E-state index is 0.598. The fraction of sp³-hybridized carbons (Fsp3) is 0.250. The summed E-state index contributed by atoms with van der Waals surface area (Å²) in [5, 5.41) is 0.739. The Balaban J connectivity index is 1.91. The summed E-state index contributed by atoms with van der Waals surface area (Å²) in [6, 6.07) is 16.8. The molecule has 3 heteroatoms. The molecular weight excluding hydrogens is 256 g/mol.